The van der Waals surface area contributed by atoms with Crippen molar-refractivity contribution in [3.05, 3.63) is 0 Å². The van der Waals surface area contributed by atoms with Crippen LogP contribution in [-0.2, 0) is 9.47 Å². The summed E-state index contributed by atoms with van der Waals surface area (Å²) < 4.78 is 10.5. The average molecular weight is 289 g/mol. The Morgan fingerprint density at radius 1 is 1.40 bits per heavy atom. The summed E-state index contributed by atoms with van der Waals surface area (Å²) in [5, 5.41) is 2.75. The van der Waals surface area contributed by atoms with E-state index >= 15 is 0 Å². The molecular formula is C14H31N3O3. The van der Waals surface area contributed by atoms with Crippen LogP contribution < -0.4 is 11.1 Å². The minimum Gasteiger partial charge on any atom is -0.444 e. The van der Waals surface area contributed by atoms with Gasteiger partial charge in [0.1, 0.15) is 5.60 Å². The monoisotopic (exact) mass is 289 g/mol. The van der Waals surface area contributed by atoms with Gasteiger partial charge in [-0.15, -0.1) is 0 Å². The van der Waals surface area contributed by atoms with Crippen LogP contribution in [0.3, 0.4) is 0 Å². The molecule has 0 heterocycles. The molecule has 0 aliphatic heterocycles. The first-order valence-electron chi connectivity index (χ1n) is 7.25. The number of hydrogen-bond acceptors (Lipinski definition) is 5. The first kappa shape index (κ1) is 19.1. The van der Waals surface area contributed by atoms with Gasteiger partial charge in [0.2, 0.25) is 0 Å². The summed E-state index contributed by atoms with van der Waals surface area (Å²) in [5.74, 6) is 0. The van der Waals surface area contributed by atoms with Gasteiger partial charge in [-0.25, -0.2) is 4.79 Å². The van der Waals surface area contributed by atoms with Crippen LogP contribution in [0.5, 0.6) is 0 Å². The SMILES string of the molecule is CCOCCN(C)C(CN)CCNC(=O)OC(C)(C)C. The standard InChI is InChI=1S/C14H31N3O3/c1-6-19-10-9-17(5)12(11-15)7-8-16-13(18)20-14(2,3)4/h12H,6-11,15H2,1-5H3,(H,16,18). The summed E-state index contributed by atoms with van der Waals surface area (Å²) in [5.41, 5.74) is 5.30. The van der Waals surface area contributed by atoms with E-state index in [2.05, 4.69) is 10.2 Å². The van der Waals surface area contributed by atoms with Gasteiger partial charge in [0.05, 0.1) is 6.61 Å². The normalized spacial score (nSPS) is 13.3. The van der Waals surface area contributed by atoms with Crippen LogP contribution in [0.1, 0.15) is 34.1 Å². The zero-order chi connectivity index (χ0) is 15.6. The number of carbonyl (C=O) groups is 1. The van der Waals surface area contributed by atoms with E-state index in [9.17, 15) is 4.79 Å². The summed E-state index contributed by atoms with van der Waals surface area (Å²) in [6.45, 7) is 10.9. The molecule has 0 radical (unpaired) electrons. The second kappa shape index (κ2) is 9.96. The molecule has 0 spiro atoms. The number of likely N-dealkylation sites (N-methyl/N-ethyl adjacent to an activating group) is 1. The number of nitrogens with zero attached hydrogens (tertiary/aromatic N) is 1. The molecule has 0 aromatic rings. The third kappa shape index (κ3) is 10.00. The molecule has 6 heteroatoms. The van der Waals surface area contributed by atoms with E-state index in [0.717, 1.165) is 19.6 Å². The third-order valence-corrected chi connectivity index (χ3v) is 2.83. The number of alkyl carbamates (subject to hydrolysis) is 1. The Bertz CT molecular complexity index is 267. The summed E-state index contributed by atoms with van der Waals surface area (Å²) in [6.07, 6.45) is 0.406. The molecule has 1 unspecified atom stereocenters. The van der Waals surface area contributed by atoms with Gasteiger partial charge in [-0.1, -0.05) is 0 Å². The maximum Gasteiger partial charge on any atom is 0.407 e. The van der Waals surface area contributed by atoms with Crippen LogP contribution in [0.4, 0.5) is 4.79 Å². The van der Waals surface area contributed by atoms with E-state index in [-0.39, 0.29) is 12.1 Å². The lowest BCUT2D eigenvalue weighted by Crippen LogP contribution is -2.42. The molecule has 0 bridgehead atoms. The fourth-order valence-electron chi connectivity index (χ4n) is 1.71. The number of amides is 1. The van der Waals surface area contributed by atoms with Crippen molar-refractivity contribution in [1.29, 1.82) is 0 Å². The highest BCUT2D eigenvalue weighted by atomic mass is 16.6. The second-order valence-corrected chi connectivity index (χ2v) is 5.78. The molecule has 0 aromatic carbocycles. The molecule has 120 valence electrons. The Balaban J connectivity index is 3.91. The molecule has 0 aliphatic carbocycles. The topological polar surface area (TPSA) is 76.8 Å². The molecule has 1 amide bonds. The maximum absolute atomic E-state index is 11.5. The third-order valence-electron chi connectivity index (χ3n) is 2.83. The minimum absolute atomic E-state index is 0.227. The molecule has 0 aromatic heterocycles. The lowest BCUT2D eigenvalue weighted by atomic mass is 10.2. The summed E-state index contributed by atoms with van der Waals surface area (Å²) in [7, 11) is 2.02. The van der Waals surface area contributed by atoms with E-state index in [0.29, 0.717) is 19.7 Å². The quantitative estimate of drug-likeness (QED) is 0.624. The number of carbonyl (C=O) groups excluding carboxylic acids is 1. The van der Waals surface area contributed by atoms with Crippen LogP contribution >= 0.6 is 0 Å². The minimum atomic E-state index is -0.467. The summed E-state index contributed by atoms with van der Waals surface area (Å²) in [4.78, 5) is 13.7. The van der Waals surface area contributed by atoms with Gasteiger partial charge in [0, 0.05) is 32.3 Å². The van der Waals surface area contributed by atoms with Crippen molar-refractivity contribution in [3.63, 3.8) is 0 Å². The van der Waals surface area contributed by atoms with Crippen molar-refractivity contribution in [3.8, 4) is 0 Å². The summed E-state index contributed by atoms with van der Waals surface area (Å²) in [6, 6.07) is 0.227. The first-order valence-corrected chi connectivity index (χ1v) is 7.25. The van der Waals surface area contributed by atoms with Crippen molar-refractivity contribution in [2.75, 3.05) is 39.9 Å². The van der Waals surface area contributed by atoms with Crippen molar-refractivity contribution < 1.29 is 14.3 Å². The Morgan fingerprint density at radius 3 is 2.55 bits per heavy atom. The van der Waals surface area contributed by atoms with Crippen LogP contribution in [0.2, 0.25) is 0 Å². The highest BCUT2D eigenvalue weighted by molar-refractivity contribution is 5.67. The Hall–Kier alpha value is -0.850. The van der Waals surface area contributed by atoms with Crippen LogP contribution in [0, 0.1) is 0 Å². The van der Waals surface area contributed by atoms with E-state index in [1.165, 1.54) is 0 Å². The number of hydrogen-bond donors (Lipinski definition) is 2. The smallest absolute Gasteiger partial charge is 0.407 e. The molecular weight excluding hydrogens is 258 g/mol. The van der Waals surface area contributed by atoms with Crippen molar-refractivity contribution in [2.45, 2.75) is 45.8 Å². The zero-order valence-corrected chi connectivity index (χ0v) is 13.6. The van der Waals surface area contributed by atoms with Crippen molar-refractivity contribution in [1.82, 2.24) is 10.2 Å². The predicted molar refractivity (Wildman–Crippen MR) is 80.8 cm³/mol. The van der Waals surface area contributed by atoms with Crippen molar-refractivity contribution in [2.24, 2.45) is 5.73 Å². The molecule has 1 atom stereocenters. The molecule has 20 heavy (non-hydrogen) atoms. The number of nitrogens with two attached hydrogens (primary N) is 1. The zero-order valence-electron chi connectivity index (χ0n) is 13.6. The van der Waals surface area contributed by atoms with Gasteiger partial charge in [-0.3, -0.25) is 4.90 Å². The number of nitrogens with one attached hydrogen (secondary N) is 1. The second-order valence-electron chi connectivity index (χ2n) is 5.78. The molecule has 0 fully saturated rings. The van der Waals surface area contributed by atoms with Gasteiger partial charge < -0.3 is 20.5 Å². The van der Waals surface area contributed by atoms with Gasteiger partial charge >= 0.3 is 6.09 Å². The predicted octanol–water partition coefficient (Wildman–Crippen LogP) is 1.20. The highest BCUT2D eigenvalue weighted by Gasteiger charge is 2.17. The van der Waals surface area contributed by atoms with Gasteiger partial charge in [-0.2, -0.15) is 0 Å². The molecule has 3 N–H and O–H groups in total. The van der Waals surface area contributed by atoms with Crippen LogP contribution in [0.25, 0.3) is 0 Å². The van der Waals surface area contributed by atoms with E-state index < -0.39 is 5.60 Å². The Kier molecular flexibility index (Phi) is 9.54. The molecule has 0 rings (SSSR count). The molecule has 0 aliphatic rings. The Labute approximate surface area is 123 Å². The van der Waals surface area contributed by atoms with Crippen LogP contribution in [0.15, 0.2) is 0 Å². The summed E-state index contributed by atoms with van der Waals surface area (Å²) >= 11 is 0. The van der Waals surface area contributed by atoms with Gasteiger partial charge in [0.25, 0.3) is 0 Å². The van der Waals surface area contributed by atoms with Gasteiger partial charge in [-0.05, 0) is 41.2 Å². The largest absolute Gasteiger partial charge is 0.444 e. The lowest BCUT2D eigenvalue weighted by molar-refractivity contribution is 0.0520. The average Bonchev–Trinajstić information content (AvgIpc) is 2.32. The molecule has 0 saturated carbocycles. The maximum atomic E-state index is 11.5. The number of ether oxygens (including phenoxy) is 2. The fourth-order valence-corrected chi connectivity index (χ4v) is 1.71. The molecule has 6 nitrogen and oxygen atoms in total. The van der Waals surface area contributed by atoms with Crippen molar-refractivity contribution >= 4 is 6.09 Å². The number of rotatable bonds is 9. The lowest BCUT2D eigenvalue weighted by Gasteiger charge is -2.27. The van der Waals surface area contributed by atoms with Crippen LogP contribution in [-0.4, -0.2) is 62.5 Å². The Morgan fingerprint density at radius 2 is 2.05 bits per heavy atom. The fraction of sp³-hybridized carbons (Fsp3) is 0.929. The first-order chi connectivity index (χ1) is 9.30. The highest BCUT2D eigenvalue weighted by Crippen LogP contribution is 2.06. The molecule has 0 saturated heterocycles. The van der Waals surface area contributed by atoms with E-state index in [1.54, 1.807) is 0 Å². The van der Waals surface area contributed by atoms with Gasteiger partial charge in [0.15, 0.2) is 0 Å². The van der Waals surface area contributed by atoms with E-state index in [4.69, 9.17) is 15.2 Å². The van der Waals surface area contributed by atoms with E-state index in [1.807, 2.05) is 34.7 Å².